The number of rotatable bonds is 11. The highest BCUT2D eigenvalue weighted by Gasteiger charge is 2.24. The van der Waals surface area contributed by atoms with Crippen LogP contribution in [0.5, 0.6) is 5.75 Å². The lowest BCUT2D eigenvalue weighted by molar-refractivity contribution is -0.129. The van der Waals surface area contributed by atoms with Crippen molar-refractivity contribution in [3.05, 3.63) is 70.8 Å². The number of esters is 1. The smallest absolute Gasteiger partial charge is 0.337 e. The first-order chi connectivity index (χ1) is 16.9. The van der Waals surface area contributed by atoms with Crippen LogP contribution >= 0.6 is 0 Å². The largest absolute Gasteiger partial charge is 0.493 e. The van der Waals surface area contributed by atoms with Gasteiger partial charge in [0.05, 0.1) is 37.8 Å². The summed E-state index contributed by atoms with van der Waals surface area (Å²) in [5.41, 5.74) is 4.46. The Hall–Kier alpha value is -3.12. The molecule has 1 aliphatic heterocycles. The van der Waals surface area contributed by atoms with Crippen LogP contribution in [-0.2, 0) is 14.3 Å². The summed E-state index contributed by atoms with van der Waals surface area (Å²) in [6.45, 7) is 9.52. The molecule has 0 radical (unpaired) electrons. The first kappa shape index (κ1) is 26.5. The number of aryl methyl sites for hydroxylation is 2. The van der Waals surface area contributed by atoms with E-state index < -0.39 is 0 Å². The summed E-state index contributed by atoms with van der Waals surface area (Å²) in [7, 11) is 1.38. The Morgan fingerprint density at radius 1 is 1.20 bits per heavy atom. The maximum absolute atomic E-state index is 12.9. The number of methoxy groups -OCH3 is 1. The summed E-state index contributed by atoms with van der Waals surface area (Å²) in [4.78, 5) is 24.7. The molecule has 6 heteroatoms. The van der Waals surface area contributed by atoms with E-state index in [1.165, 1.54) is 7.11 Å². The van der Waals surface area contributed by atoms with E-state index in [4.69, 9.17) is 14.2 Å². The summed E-state index contributed by atoms with van der Waals surface area (Å²) in [6, 6.07) is 11.7. The molecule has 6 nitrogen and oxygen atoms in total. The maximum Gasteiger partial charge on any atom is 0.337 e. The van der Waals surface area contributed by atoms with Gasteiger partial charge in [-0.15, -0.1) is 0 Å². The molecular formula is C29H37NO5. The van der Waals surface area contributed by atoms with Crippen LogP contribution in [0.3, 0.4) is 0 Å². The zero-order valence-electron chi connectivity index (χ0n) is 21.1. The fraction of sp³-hybridized carbons (Fsp3) is 0.448. The van der Waals surface area contributed by atoms with Gasteiger partial charge in [0.15, 0.2) is 0 Å². The van der Waals surface area contributed by atoms with E-state index in [0.29, 0.717) is 18.8 Å². The molecule has 0 saturated carbocycles. The topological polar surface area (TPSA) is 73.9 Å². The third-order valence-electron chi connectivity index (χ3n) is 6.41. The lowest BCUT2D eigenvalue weighted by atomic mass is 9.96. The molecule has 2 atom stereocenters. The molecule has 0 spiro atoms. The number of carbonyl (C=O) groups is 2. The van der Waals surface area contributed by atoms with Crippen LogP contribution in [0.1, 0.15) is 70.8 Å². The Labute approximate surface area is 208 Å². The number of hydrogen-bond acceptors (Lipinski definition) is 5. The molecule has 0 bridgehead atoms. The average molecular weight is 480 g/mol. The lowest BCUT2D eigenvalue weighted by Gasteiger charge is -2.26. The normalized spacial score (nSPS) is 16.3. The number of hydrogen-bond donors (Lipinski definition) is 1. The second-order valence-corrected chi connectivity index (χ2v) is 9.12. The Morgan fingerprint density at radius 3 is 2.63 bits per heavy atom. The summed E-state index contributed by atoms with van der Waals surface area (Å²) >= 11 is 0. The molecule has 35 heavy (non-hydrogen) atoms. The highest BCUT2D eigenvalue weighted by Crippen LogP contribution is 2.27. The number of unbranched alkanes of at least 4 members (excludes halogenated alkanes) is 1. The minimum atomic E-state index is -0.351. The van der Waals surface area contributed by atoms with Crippen molar-refractivity contribution in [1.29, 1.82) is 0 Å². The van der Waals surface area contributed by atoms with Gasteiger partial charge < -0.3 is 19.5 Å². The average Bonchev–Trinajstić information content (AvgIpc) is 2.88. The van der Waals surface area contributed by atoms with Crippen LogP contribution < -0.4 is 10.1 Å². The predicted molar refractivity (Wildman–Crippen MR) is 138 cm³/mol. The van der Waals surface area contributed by atoms with Gasteiger partial charge in [-0.1, -0.05) is 30.9 Å². The van der Waals surface area contributed by atoms with Gasteiger partial charge in [-0.2, -0.15) is 0 Å². The molecular weight excluding hydrogens is 442 g/mol. The maximum atomic E-state index is 12.9. The highest BCUT2D eigenvalue weighted by molar-refractivity contribution is 5.90. The summed E-state index contributed by atoms with van der Waals surface area (Å²) in [5, 5.41) is 3.27. The molecule has 1 unspecified atom stereocenters. The van der Waals surface area contributed by atoms with E-state index in [1.54, 1.807) is 12.1 Å². The van der Waals surface area contributed by atoms with Crippen LogP contribution in [0.15, 0.2) is 43.0 Å². The molecule has 1 aliphatic rings. The van der Waals surface area contributed by atoms with Crippen molar-refractivity contribution >= 4 is 18.0 Å². The molecule has 3 rings (SSSR count). The quantitative estimate of drug-likeness (QED) is 0.337. The van der Waals surface area contributed by atoms with E-state index >= 15 is 0 Å². The Morgan fingerprint density at radius 2 is 1.97 bits per heavy atom. The van der Waals surface area contributed by atoms with Gasteiger partial charge in [0.1, 0.15) is 5.75 Å². The molecule has 1 amide bonds. The molecule has 0 aliphatic carbocycles. The Kier molecular flexibility index (Phi) is 9.91. The molecule has 1 N–H and O–H groups in total. The highest BCUT2D eigenvalue weighted by atomic mass is 16.5. The zero-order chi connectivity index (χ0) is 25.2. The van der Waals surface area contributed by atoms with Gasteiger partial charge in [0.25, 0.3) is 0 Å². The molecule has 1 saturated heterocycles. The van der Waals surface area contributed by atoms with Crippen LogP contribution in [0.2, 0.25) is 0 Å². The van der Waals surface area contributed by atoms with E-state index in [9.17, 15) is 9.59 Å². The van der Waals surface area contributed by atoms with Crippen molar-refractivity contribution in [2.24, 2.45) is 5.92 Å². The van der Waals surface area contributed by atoms with Crippen molar-refractivity contribution in [2.75, 3.05) is 26.9 Å². The number of carbonyl (C=O) groups excluding carboxylic acids is 2. The van der Waals surface area contributed by atoms with Crippen LogP contribution in [0.4, 0.5) is 0 Å². The van der Waals surface area contributed by atoms with Gasteiger partial charge in [0.2, 0.25) is 5.91 Å². The van der Waals surface area contributed by atoms with E-state index in [-0.39, 0.29) is 23.8 Å². The number of nitrogens with one attached hydrogen (secondary N) is 1. The van der Waals surface area contributed by atoms with E-state index in [1.807, 2.05) is 32.1 Å². The van der Waals surface area contributed by atoms with Gasteiger partial charge >= 0.3 is 5.97 Å². The fourth-order valence-corrected chi connectivity index (χ4v) is 4.50. The van der Waals surface area contributed by atoms with Crippen molar-refractivity contribution in [3.8, 4) is 5.75 Å². The van der Waals surface area contributed by atoms with Crippen LogP contribution in [-0.4, -0.2) is 38.8 Å². The van der Waals surface area contributed by atoms with Crippen molar-refractivity contribution in [1.82, 2.24) is 5.32 Å². The Balaban J connectivity index is 1.58. The second-order valence-electron chi connectivity index (χ2n) is 9.12. The Bertz CT molecular complexity index is 1000. The first-order valence-corrected chi connectivity index (χ1v) is 12.4. The van der Waals surface area contributed by atoms with Gasteiger partial charge in [-0.05, 0) is 86.4 Å². The summed E-state index contributed by atoms with van der Waals surface area (Å²) in [6.07, 6.45) is 6.16. The number of amides is 1. The van der Waals surface area contributed by atoms with Crippen molar-refractivity contribution < 1.29 is 23.8 Å². The molecule has 1 fully saturated rings. The lowest BCUT2D eigenvalue weighted by Crippen LogP contribution is -2.37. The number of benzene rings is 2. The first-order valence-electron chi connectivity index (χ1n) is 12.4. The fourth-order valence-electron chi connectivity index (χ4n) is 4.50. The molecule has 2 aromatic carbocycles. The molecule has 1 heterocycles. The van der Waals surface area contributed by atoms with Gasteiger partial charge in [0, 0.05) is 6.61 Å². The number of ether oxygens (including phenoxy) is 3. The minimum absolute atomic E-state index is 0.0619. The zero-order valence-corrected chi connectivity index (χ0v) is 21.1. The van der Waals surface area contributed by atoms with E-state index in [0.717, 1.165) is 66.7 Å². The predicted octanol–water partition coefficient (Wildman–Crippen LogP) is 5.57. The SMILES string of the molecule is C=Cc1cccc([C@H](CCCCOc2c(C)cc(C(=O)OC)cc2C)NC(=O)C2CCCOC2)c1. The summed E-state index contributed by atoms with van der Waals surface area (Å²) in [5.74, 6) is 0.428. The van der Waals surface area contributed by atoms with E-state index in [2.05, 4.69) is 24.0 Å². The van der Waals surface area contributed by atoms with Gasteiger partial charge in [-0.3, -0.25) is 4.79 Å². The molecule has 2 aromatic rings. The minimum Gasteiger partial charge on any atom is -0.493 e. The molecule has 188 valence electrons. The second kappa shape index (κ2) is 13.1. The third kappa shape index (κ3) is 7.43. The monoisotopic (exact) mass is 479 g/mol. The standard InChI is InChI=1S/C29H37NO5/c1-5-22-10-8-11-23(18-22)26(30-28(31)24-12-9-14-34-19-24)13-6-7-15-35-27-20(2)16-25(17-21(27)3)29(32)33-4/h5,8,10-11,16-18,24,26H,1,6-7,9,12-15,19H2,2-4H3,(H,30,31)/t24?,26-/m0/s1. The third-order valence-corrected chi connectivity index (χ3v) is 6.41. The van der Waals surface area contributed by atoms with Crippen molar-refractivity contribution in [3.63, 3.8) is 0 Å². The van der Waals surface area contributed by atoms with Gasteiger partial charge in [-0.25, -0.2) is 4.79 Å². The van der Waals surface area contributed by atoms with Crippen LogP contribution in [0, 0.1) is 19.8 Å². The van der Waals surface area contributed by atoms with Crippen molar-refractivity contribution in [2.45, 2.75) is 52.0 Å². The summed E-state index contributed by atoms with van der Waals surface area (Å²) < 4.78 is 16.4. The molecule has 0 aromatic heterocycles. The van der Waals surface area contributed by atoms with Crippen LogP contribution in [0.25, 0.3) is 6.08 Å².